The van der Waals surface area contributed by atoms with Crippen LogP contribution in [-0.4, -0.2) is 49.0 Å². The zero-order valence-corrected chi connectivity index (χ0v) is 18.5. The first-order valence-corrected chi connectivity index (χ1v) is 11.3. The van der Waals surface area contributed by atoms with Gasteiger partial charge in [0.1, 0.15) is 10.5 Å². The Morgan fingerprint density at radius 3 is 2.79 bits per heavy atom. The van der Waals surface area contributed by atoms with Crippen LogP contribution in [0.2, 0.25) is 0 Å². The number of fused-ring (bicyclic) bond motifs is 3. The fourth-order valence-electron chi connectivity index (χ4n) is 4.13. The molecule has 1 aromatic carbocycles. The van der Waals surface area contributed by atoms with Gasteiger partial charge in [-0.2, -0.15) is 0 Å². The molecule has 1 aliphatic heterocycles. The van der Waals surface area contributed by atoms with E-state index in [1.165, 1.54) is 40.2 Å². The van der Waals surface area contributed by atoms with E-state index in [-0.39, 0.29) is 24.6 Å². The number of carbonyl (C=O) groups is 2. The van der Waals surface area contributed by atoms with Crippen LogP contribution in [0.5, 0.6) is 0 Å². The van der Waals surface area contributed by atoms with Crippen molar-refractivity contribution >= 4 is 39.2 Å². The minimum Gasteiger partial charge on any atom is -0.457 e. The highest BCUT2D eigenvalue weighted by atomic mass is 32.1. The molecule has 1 fully saturated rings. The van der Waals surface area contributed by atoms with E-state index < -0.39 is 17.7 Å². The van der Waals surface area contributed by atoms with Gasteiger partial charge in [0.05, 0.1) is 11.4 Å². The van der Waals surface area contributed by atoms with E-state index >= 15 is 0 Å². The van der Waals surface area contributed by atoms with Crippen molar-refractivity contribution in [3.8, 4) is 0 Å². The second-order valence-electron chi connectivity index (χ2n) is 7.96. The fraction of sp³-hybridized carbons (Fsp3) is 0.318. The molecular weight excluding hydrogens is 449 g/mol. The zero-order valence-electron chi connectivity index (χ0n) is 17.7. The van der Waals surface area contributed by atoms with Gasteiger partial charge in [0, 0.05) is 25.7 Å². The summed E-state index contributed by atoms with van der Waals surface area (Å²) in [7, 11) is 1.62. The summed E-state index contributed by atoms with van der Waals surface area (Å²) in [4.78, 5) is 39.6. The molecule has 0 bridgehead atoms. The first-order chi connectivity index (χ1) is 15.9. The third-order valence-electron chi connectivity index (χ3n) is 5.87. The maximum Gasteiger partial charge on any atom is 0.311 e. The van der Waals surface area contributed by atoms with Crippen LogP contribution in [0, 0.1) is 11.7 Å². The van der Waals surface area contributed by atoms with Crippen molar-refractivity contribution in [1.29, 1.82) is 0 Å². The van der Waals surface area contributed by atoms with E-state index in [0.717, 1.165) is 0 Å². The van der Waals surface area contributed by atoms with Crippen LogP contribution in [0.15, 0.2) is 40.5 Å². The molecule has 0 saturated carbocycles. The predicted molar refractivity (Wildman–Crippen MR) is 118 cm³/mol. The van der Waals surface area contributed by atoms with Gasteiger partial charge in [-0.3, -0.25) is 23.4 Å². The van der Waals surface area contributed by atoms with Crippen molar-refractivity contribution in [2.75, 3.05) is 13.1 Å². The zero-order chi connectivity index (χ0) is 23.1. The van der Waals surface area contributed by atoms with Crippen LogP contribution in [0.3, 0.4) is 0 Å². The molecule has 4 aromatic rings. The first-order valence-electron chi connectivity index (χ1n) is 10.5. The lowest BCUT2D eigenvalue weighted by Gasteiger charge is -2.31. The van der Waals surface area contributed by atoms with E-state index in [9.17, 15) is 18.8 Å². The number of piperidine rings is 1. The second-order valence-corrected chi connectivity index (χ2v) is 8.87. The second kappa shape index (κ2) is 8.39. The van der Waals surface area contributed by atoms with Gasteiger partial charge in [-0.05, 0) is 48.6 Å². The normalized spacial score (nSPS) is 16.4. The average molecular weight is 469 g/mol. The number of hydrogen-bond acceptors (Lipinski definition) is 7. The number of nitrogens with zero attached hydrogens (tertiary/aromatic N) is 5. The van der Waals surface area contributed by atoms with Crippen LogP contribution in [0.25, 0.3) is 16.0 Å². The summed E-state index contributed by atoms with van der Waals surface area (Å²) in [5, 5.41) is 10.0. The third-order valence-corrected chi connectivity index (χ3v) is 6.77. The summed E-state index contributed by atoms with van der Waals surface area (Å²) < 4.78 is 22.4. The number of hydrogen-bond donors (Lipinski definition) is 0. The van der Waals surface area contributed by atoms with Crippen LogP contribution < -0.4 is 5.56 Å². The first kappa shape index (κ1) is 21.3. The SMILES string of the molecule is Cn1c(=O)c2sccc2n2c(COC(=O)C3CCCN(C(=O)c4ccc(F)cc4)C3)nnc12. The van der Waals surface area contributed by atoms with Crippen molar-refractivity contribution in [1.82, 2.24) is 24.1 Å². The Morgan fingerprint density at radius 2 is 2.00 bits per heavy atom. The van der Waals surface area contributed by atoms with Crippen molar-refractivity contribution in [2.45, 2.75) is 19.4 Å². The van der Waals surface area contributed by atoms with E-state index in [0.29, 0.717) is 46.8 Å². The lowest BCUT2D eigenvalue weighted by atomic mass is 9.97. The molecule has 3 aromatic heterocycles. The van der Waals surface area contributed by atoms with Crippen molar-refractivity contribution < 1.29 is 18.7 Å². The topological polar surface area (TPSA) is 98.8 Å². The van der Waals surface area contributed by atoms with E-state index in [1.54, 1.807) is 16.3 Å². The molecule has 4 heterocycles. The smallest absolute Gasteiger partial charge is 0.311 e. The molecule has 0 aliphatic carbocycles. The van der Waals surface area contributed by atoms with Crippen LogP contribution in [-0.2, 0) is 23.2 Å². The van der Waals surface area contributed by atoms with Gasteiger partial charge in [0.15, 0.2) is 12.4 Å². The summed E-state index contributed by atoms with van der Waals surface area (Å²) in [6.07, 6.45) is 1.27. The van der Waals surface area contributed by atoms with Crippen molar-refractivity contribution in [3.63, 3.8) is 0 Å². The average Bonchev–Trinajstić information content (AvgIpc) is 3.48. The Labute approximate surface area is 191 Å². The number of thiophene rings is 1. The Bertz CT molecular complexity index is 1420. The molecule has 170 valence electrons. The minimum atomic E-state index is -0.465. The highest BCUT2D eigenvalue weighted by Crippen LogP contribution is 2.22. The monoisotopic (exact) mass is 469 g/mol. The molecule has 1 atom stereocenters. The summed E-state index contributed by atoms with van der Waals surface area (Å²) >= 11 is 1.33. The molecule has 1 amide bonds. The number of rotatable bonds is 4. The Morgan fingerprint density at radius 1 is 1.21 bits per heavy atom. The molecule has 0 spiro atoms. The molecule has 5 rings (SSSR count). The summed E-state index contributed by atoms with van der Waals surface area (Å²) in [6, 6.07) is 7.17. The molecule has 1 saturated heterocycles. The number of benzene rings is 1. The Balaban J connectivity index is 1.30. The third kappa shape index (κ3) is 3.78. The van der Waals surface area contributed by atoms with Gasteiger partial charge >= 0.3 is 5.97 Å². The molecule has 11 heteroatoms. The maximum absolute atomic E-state index is 13.2. The van der Waals surface area contributed by atoms with Crippen molar-refractivity contribution in [3.05, 3.63) is 63.3 Å². The number of halogens is 1. The number of likely N-dealkylation sites (tertiary alicyclic amines) is 1. The maximum atomic E-state index is 13.2. The number of ether oxygens (including phenoxy) is 1. The highest BCUT2D eigenvalue weighted by Gasteiger charge is 2.30. The molecule has 1 unspecified atom stereocenters. The summed E-state index contributed by atoms with van der Waals surface area (Å²) in [6.45, 7) is 0.656. The van der Waals surface area contributed by atoms with Gasteiger partial charge < -0.3 is 9.64 Å². The lowest BCUT2D eigenvalue weighted by molar-refractivity contribution is -0.151. The molecular formula is C22H20FN5O4S. The summed E-state index contributed by atoms with van der Waals surface area (Å²) in [5.41, 5.74) is 0.894. The van der Waals surface area contributed by atoms with Gasteiger partial charge in [0.2, 0.25) is 5.78 Å². The van der Waals surface area contributed by atoms with Gasteiger partial charge in [-0.25, -0.2) is 4.39 Å². The predicted octanol–water partition coefficient (Wildman–Crippen LogP) is 2.38. The van der Waals surface area contributed by atoms with E-state index in [1.807, 2.05) is 11.4 Å². The number of esters is 1. The largest absolute Gasteiger partial charge is 0.457 e. The molecule has 0 N–H and O–H groups in total. The van der Waals surface area contributed by atoms with Gasteiger partial charge in [0.25, 0.3) is 11.5 Å². The van der Waals surface area contributed by atoms with Crippen LogP contribution in [0.4, 0.5) is 4.39 Å². The summed E-state index contributed by atoms with van der Waals surface area (Å²) in [5.74, 6) is -0.759. The minimum absolute atomic E-state index is 0.106. The van der Waals surface area contributed by atoms with E-state index in [4.69, 9.17) is 4.74 Å². The van der Waals surface area contributed by atoms with E-state index in [2.05, 4.69) is 10.2 Å². The molecule has 1 aliphatic rings. The Kier molecular flexibility index (Phi) is 5.41. The molecule has 9 nitrogen and oxygen atoms in total. The fourth-order valence-corrected chi connectivity index (χ4v) is 4.98. The number of aryl methyl sites for hydroxylation is 1. The van der Waals surface area contributed by atoms with Gasteiger partial charge in [-0.15, -0.1) is 21.5 Å². The molecule has 33 heavy (non-hydrogen) atoms. The highest BCUT2D eigenvalue weighted by molar-refractivity contribution is 7.17. The number of aromatic nitrogens is 4. The quantitative estimate of drug-likeness (QED) is 0.426. The standard InChI is InChI=1S/C22H20FN5O4S/c1-26-20(30)18-16(8-10-33-18)28-17(24-25-22(26)28)12-32-21(31)14-3-2-9-27(11-14)19(29)13-4-6-15(23)7-5-13/h4-8,10,14H,2-3,9,11-12H2,1H3. The molecule has 0 radical (unpaired) electrons. The number of amides is 1. The Hall–Kier alpha value is -3.60. The number of carbonyl (C=O) groups excluding carboxylic acids is 2. The van der Waals surface area contributed by atoms with Crippen molar-refractivity contribution in [2.24, 2.45) is 13.0 Å². The van der Waals surface area contributed by atoms with Crippen LogP contribution in [0.1, 0.15) is 29.0 Å². The van der Waals surface area contributed by atoms with Crippen LogP contribution >= 0.6 is 11.3 Å². The van der Waals surface area contributed by atoms with Gasteiger partial charge in [-0.1, -0.05) is 0 Å². The lowest BCUT2D eigenvalue weighted by Crippen LogP contribution is -2.42.